The van der Waals surface area contributed by atoms with Gasteiger partial charge >= 0.3 is 5.97 Å². The number of sulfone groups is 1. The van der Waals surface area contributed by atoms with E-state index in [1.807, 2.05) is 13.8 Å². The largest absolute Gasteiger partial charge is 0.468 e. The maximum absolute atomic E-state index is 12.1. The number of hydrogen-bond donors (Lipinski definition) is 1. The van der Waals surface area contributed by atoms with Crippen LogP contribution < -0.4 is 5.32 Å². The average Bonchev–Trinajstić information content (AvgIpc) is 2.70. The lowest BCUT2D eigenvalue weighted by molar-refractivity contribution is -0.148. The lowest BCUT2D eigenvalue weighted by Crippen LogP contribution is -2.60. The molecule has 0 bridgehead atoms. The molecule has 5 nitrogen and oxygen atoms in total. The van der Waals surface area contributed by atoms with Crippen LogP contribution in [0.1, 0.15) is 33.1 Å². The molecule has 0 aromatic heterocycles. The highest BCUT2D eigenvalue weighted by atomic mass is 32.2. The number of esters is 1. The van der Waals surface area contributed by atoms with E-state index >= 15 is 0 Å². The van der Waals surface area contributed by atoms with E-state index < -0.39 is 26.6 Å². The van der Waals surface area contributed by atoms with E-state index in [1.54, 1.807) is 0 Å². The van der Waals surface area contributed by atoms with Gasteiger partial charge in [0.2, 0.25) is 0 Å². The molecule has 0 spiro atoms. The van der Waals surface area contributed by atoms with E-state index in [1.165, 1.54) is 13.4 Å². The number of ether oxygens (including phenoxy) is 1. The van der Waals surface area contributed by atoms with Crippen LogP contribution in [0.15, 0.2) is 0 Å². The Hall–Kier alpha value is -0.620. The number of carbonyl (C=O) groups excluding carboxylic acids is 1. The highest BCUT2D eigenvalue weighted by Crippen LogP contribution is 2.36. The van der Waals surface area contributed by atoms with Crippen molar-refractivity contribution in [3.8, 4) is 0 Å². The van der Waals surface area contributed by atoms with E-state index in [2.05, 4.69) is 5.32 Å². The van der Waals surface area contributed by atoms with Crippen molar-refractivity contribution in [2.45, 2.75) is 43.9 Å². The molecule has 0 amide bonds. The summed E-state index contributed by atoms with van der Waals surface area (Å²) >= 11 is 0. The molecule has 1 N–H and O–H groups in total. The summed E-state index contributed by atoms with van der Waals surface area (Å²) in [6.07, 6.45) is 2.94. The lowest BCUT2D eigenvalue weighted by Gasteiger charge is -2.33. The van der Waals surface area contributed by atoms with E-state index in [4.69, 9.17) is 4.74 Å². The maximum Gasteiger partial charge on any atom is 0.327 e. The average molecular weight is 277 g/mol. The van der Waals surface area contributed by atoms with E-state index in [0.717, 1.165) is 6.42 Å². The normalized spacial score (nSPS) is 28.6. The Morgan fingerprint density at radius 1 is 1.50 bits per heavy atom. The minimum atomic E-state index is -3.28. The van der Waals surface area contributed by atoms with Crippen molar-refractivity contribution in [3.63, 3.8) is 0 Å². The monoisotopic (exact) mass is 277 g/mol. The van der Waals surface area contributed by atoms with Crippen LogP contribution in [-0.4, -0.2) is 45.1 Å². The van der Waals surface area contributed by atoms with Gasteiger partial charge in [-0.25, -0.2) is 8.42 Å². The van der Waals surface area contributed by atoms with Gasteiger partial charge in [-0.1, -0.05) is 13.8 Å². The number of hydrogen-bond acceptors (Lipinski definition) is 5. The van der Waals surface area contributed by atoms with Crippen molar-refractivity contribution in [2.24, 2.45) is 5.92 Å². The standard InChI is InChI=1S/C12H23NO4S/c1-9(2)8-13-12(11(14)17-3)7-5-6-10(12)18(4,15)16/h9-10,13H,5-8H2,1-4H3. The Bertz CT molecular complexity index is 404. The summed E-state index contributed by atoms with van der Waals surface area (Å²) in [6, 6.07) is 0. The second-order valence-electron chi connectivity index (χ2n) is 5.45. The fraction of sp³-hybridized carbons (Fsp3) is 0.917. The quantitative estimate of drug-likeness (QED) is 0.750. The first kappa shape index (κ1) is 15.4. The Morgan fingerprint density at radius 3 is 2.56 bits per heavy atom. The molecule has 1 fully saturated rings. The van der Waals surface area contributed by atoms with Gasteiger partial charge < -0.3 is 10.1 Å². The van der Waals surface area contributed by atoms with E-state index in [-0.39, 0.29) is 0 Å². The summed E-state index contributed by atoms with van der Waals surface area (Å²) in [5, 5.41) is 2.46. The predicted molar refractivity (Wildman–Crippen MR) is 70.1 cm³/mol. The molecule has 1 saturated carbocycles. The number of rotatable bonds is 5. The van der Waals surface area contributed by atoms with E-state index in [9.17, 15) is 13.2 Å². The van der Waals surface area contributed by atoms with Crippen LogP contribution in [0.4, 0.5) is 0 Å². The molecule has 0 aromatic rings. The first-order valence-electron chi connectivity index (χ1n) is 6.26. The zero-order chi connectivity index (χ0) is 14.0. The van der Waals surface area contributed by atoms with Crippen LogP contribution in [-0.2, 0) is 19.4 Å². The van der Waals surface area contributed by atoms with Crippen molar-refractivity contribution < 1.29 is 17.9 Å². The first-order chi connectivity index (χ1) is 8.24. The van der Waals surface area contributed by atoms with Gasteiger partial charge in [-0.05, 0) is 31.7 Å². The second kappa shape index (κ2) is 5.57. The van der Waals surface area contributed by atoms with Gasteiger partial charge in [-0.2, -0.15) is 0 Å². The van der Waals surface area contributed by atoms with Crippen molar-refractivity contribution in [1.29, 1.82) is 0 Å². The molecule has 106 valence electrons. The summed E-state index contributed by atoms with van der Waals surface area (Å²) in [5.74, 6) is -0.122. The number of methoxy groups -OCH3 is 1. The molecular formula is C12H23NO4S. The molecule has 6 heteroatoms. The molecule has 0 saturated heterocycles. The maximum atomic E-state index is 12.1. The Morgan fingerprint density at radius 2 is 2.11 bits per heavy atom. The molecule has 0 heterocycles. The highest BCUT2D eigenvalue weighted by Gasteiger charge is 2.54. The van der Waals surface area contributed by atoms with Crippen LogP contribution in [0, 0.1) is 5.92 Å². The predicted octanol–water partition coefficient (Wildman–Crippen LogP) is 0.741. The Labute approximate surface area is 109 Å². The Balaban J connectivity index is 3.07. The van der Waals surface area contributed by atoms with Gasteiger partial charge in [-0.3, -0.25) is 4.79 Å². The van der Waals surface area contributed by atoms with Gasteiger partial charge in [0.1, 0.15) is 5.54 Å². The van der Waals surface area contributed by atoms with Crippen molar-refractivity contribution in [2.75, 3.05) is 19.9 Å². The van der Waals surface area contributed by atoms with Crippen LogP contribution >= 0.6 is 0 Å². The third kappa shape index (κ3) is 3.03. The van der Waals surface area contributed by atoms with Crippen LogP contribution in [0.25, 0.3) is 0 Å². The summed E-state index contributed by atoms with van der Waals surface area (Å²) < 4.78 is 28.6. The molecule has 2 atom stereocenters. The van der Waals surface area contributed by atoms with Crippen LogP contribution in [0.3, 0.4) is 0 Å². The molecule has 0 radical (unpaired) electrons. The minimum Gasteiger partial charge on any atom is -0.468 e. The first-order valence-corrected chi connectivity index (χ1v) is 8.22. The SMILES string of the molecule is COC(=O)C1(NCC(C)C)CCCC1S(C)(=O)=O. The number of nitrogens with one attached hydrogen (secondary N) is 1. The summed E-state index contributed by atoms with van der Waals surface area (Å²) in [6.45, 7) is 4.63. The Kier molecular flexibility index (Phi) is 4.78. The second-order valence-corrected chi connectivity index (χ2v) is 7.68. The van der Waals surface area contributed by atoms with Crippen LogP contribution in [0.5, 0.6) is 0 Å². The van der Waals surface area contributed by atoms with Gasteiger partial charge in [0.25, 0.3) is 0 Å². The summed E-state index contributed by atoms with van der Waals surface area (Å²) in [4.78, 5) is 12.1. The molecule has 0 aliphatic heterocycles. The molecule has 18 heavy (non-hydrogen) atoms. The topological polar surface area (TPSA) is 72.5 Å². The molecule has 0 aromatic carbocycles. The van der Waals surface area contributed by atoms with Gasteiger partial charge in [-0.15, -0.1) is 0 Å². The molecular weight excluding hydrogens is 254 g/mol. The third-order valence-corrected chi connectivity index (χ3v) is 5.15. The summed E-state index contributed by atoms with van der Waals surface area (Å²) in [5.41, 5.74) is -1.06. The molecule has 2 unspecified atom stereocenters. The zero-order valence-electron chi connectivity index (χ0n) is 11.5. The smallest absolute Gasteiger partial charge is 0.327 e. The van der Waals surface area contributed by atoms with Crippen LogP contribution in [0.2, 0.25) is 0 Å². The molecule has 1 rings (SSSR count). The van der Waals surface area contributed by atoms with Gasteiger partial charge in [0.15, 0.2) is 9.84 Å². The third-order valence-electron chi connectivity index (χ3n) is 3.48. The lowest BCUT2D eigenvalue weighted by atomic mass is 9.96. The van der Waals surface area contributed by atoms with Gasteiger partial charge in [0, 0.05) is 6.26 Å². The summed E-state index contributed by atoms with van der Waals surface area (Å²) in [7, 11) is -1.97. The van der Waals surface area contributed by atoms with Crippen molar-refractivity contribution in [1.82, 2.24) is 5.32 Å². The van der Waals surface area contributed by atoms with E-state index in [0.29, 0.717) is 25.3 Å². The number of carbonyl (C=O) groups is 1. The van der Waals surface area contributed by atoms with Crippen molar-refractivity contribution >= 4 is 15.8 Å². The molecule has 1 aliphatic carbocycles. The van der Waals surface area contributed by atoms with Crippen molar-refractivity contribution in [3.05, 3.63) is 0 Å². The fourth-order valence-electron chi connectivity index (χ4n) is 2.63. The fourth-order valence-corrected chi connectivity index (χ4v) is 4.25. The molecule has 1 aliphatic rings. The minimum absolute atomic E-state index is 0.340. The highest BCUT2D eigenvalue weighted by molar-refractivity contribution is 7.91. The zero-order valence-corrected chi connectivity index (χ0v) is 12.3. The van der Waals surface area contributed by atoms with Gasteiger partial charge in [0.05, 0.1) is 12.4 Å².